The van der Waals surface area contributed by atoms with E-state index in [2.05, 4.69) is 10.3 Å². The Kier molecular flexibility index (Phi) is 4.89. The Morgan fingerprint density at radius 3 is 2.95 bits per heavy atom. The first-order chi connectivity index (χ1) is 9.63. The fraction of sp³-hybridized carbons (Fsp3) is 0.583. The molecule has 1 aliphatic heterocycles. The minimum atomic E-state index is -0.946. The molecule has 2 rings (SSSR count). The van der Waals surface area contributed by atoms with E-state index < -0.39 is 12.0 Å². The summed E-state index contributed by atoms with van der Waals surface area (Å²) >= 11 is 1.52. The van der Waals surface area contributed by atoms with Crippen LogP contribution in [0, 0.1) is 0 Å². The van der Waals surface area contributed by atoms with E-state index in [1.165, 1.54) is 16.7 Å². The number of imidazole rings is 1. The smallest absolute Gasteiger partial charge is 0.327 e. The lowest BCUT2D eigenvalue weighted by Gasteiger charge is -2.26. The Balaban J connectivity index is 1.90. The summed E-state index contributed by atoms with van der Waals surface area (Å²) in [7, 11) is 0. The van der Waals surface area contributed by atoms with E-state index in [4.69, 9.17) is 0 Å². The Labute approximate surface area is 121 Å². The van der Waals surface area contributed by atoms with Gasteiger partial charge in [0.25, 0.3) is 0 Å². The number of aromatic nitrogens is 2. The highest BCUT2D eigenvalue weighted by molar-refractivity contribution is 8.00. The van der Waals surface area contributed by atoms with Gasteiger partial charge in [-0.3, -0.25) is 4.90 Å². The van der Waals surface area contributed by atoms with E-state index in [9.17, 15) is 14.7 Å². The van der Waals surface area contributed by atoms with Crippen molar-refractivity contribution in [2.24, 2.45) is 0 Å². The number of amides is 2. The summed E-state index contributed by atoms with van der Waals surface area (Å²) in [4.78, 5) is 28.7. The van der Waals surface area contributed by atoms with Crippen molar-refractivity contribution in [2.45, 2.75) is 31.3 Å². The van der Waals surface area contributed by atoms with E-state index in [-0.39, 0.29) is 11.4 Å². The van der Waals surface area contributed by atoms with E-state index in [0.717, 1.165) is 6.42 Å². The Morgan fingerprint density at radius 2 is 2.35 bits per heavy atom. The normalized spacial score (nSPS) is 21.9. The number of carbonyl (C=O) groups excluding carboxylic acids is 1. The average Bonchev–Trinajstić information content (AvgIpc) is 3.07. The van der Waals surface area contributed by atoms with Crippen molar-refractivity contribution in [3.05, 3.63) is 18.7 Å². The second kappa shape index (κ2) is 6.65. The van der Waals surface area contributed by atoms with Crippen LogP contribution in [0.3, 0.4) is 0 Å². The first kappa shape index (κ1) is 14.7. The number of aliphatic carboxylic acids is 1. The van der Waals surface area contributed by atoms with E-state index >= 15 is 0 Å². The van der Waals surface area contributed by atoms with Crippen LogP contribution in [0.5, 0.6) is 0 Å². The van der Waals surface area contributed by atoms with Gasteiger partial charge in [0.1, 0.15) is 6.04 Å². The lowest BCUT2D eigenvalue weighted by molar-refractivity contribution is -0.141. The van der Waals surface area contributed by atoms with Gasteiger partial charge in [0.15, 0.2) is 0 Å². The number of hydrogen-bond acceptors (Lipinski definition) is 4. The molecule has 0 bridgehead atoms. The van der Waals surface area contributed by atoms with Crippen molar-refractivity contribution in [3.63, 3.8) is 0 Å². The van der Waals surface area contributed by atoms with Crippen LogP contribution < -0.4 is 5.32 Å². The van der Waals surface area contributed by atoms with Gasteiger partial charge in [-0.15, -0.1) is 11.8 Å². The molecule has 1 aromatic heterocycles. The number of nitrogens with zero attached hydrogens (tertiary/aromatic N) is 3. The zero-order chi connectivity index (χ0) is 14.5. The Morgan fingerprint density at radius 1 is 1.55 bits per heavy atom. The SMILES string of the molecule is CCC1SCC(C(=O)O)N1C(=O)NCCn1ccnc1. The highest BCUT2D eigenvalue weighted by Crippen LogP contribution is 2.31. The van der Waals surface area contributed by atoms with Crippen molar-refractivity contribution < 1.29 is 14.7 Å². The molecule has 20 heavy (non-hydrogen) atoms. The zero-order valence-corrected chi connectivity index (χ0v) is 12.0. The van der Waals surface area contributed by atoms with Crippen molar-refractivity contribution in [1.82, 2.24) is 19.8 Å². The number of carbonyl (C=O) groups is 2. The molecule has 8 heteroatoms. The van der Waals surface area contributed by atoms with Gasteiger partial charge in [-0.25, -0.2) is 14.6 Å². The molecule has 1 saturated heterocycles. The first-order valence-corrected chi connectivity index (χ1v) is 7.54. The van der Waals surface area contributed by atoms with Crippen LogP contribution in [0.2, 0.25) is 0 Å². The average molecular weight is 298 g/mol. The number of thioether (sulfide) groups is 1. The molecule has 0 aliphatic carbocycles. The van der Waals surface area contributed by atoms with Crippen LogP contribution in [0.4, 0.5) is 4.79 Å². The highest BCUT2D eigenvalue weighted by atomic mass is 32.2. The van der Waals surface area contributed by atoms with Crippen molar-refractivity contribution in [3.8, 4) is 0 Å². The first-order valence-electron chi connectivity index (χ1n) is 6.49. The summed E-state index contributed by atoms with van der Waals surface area (Å²) in [5.41, 5.74) is 0. The van der Waals surface area contributed by atoms with Crippen LogP contribution in [0.1, 0.15) is 13.3 Å². The number of carboxylic acid groups (broad SMARTS) is 1. The minimum absolute atomic E-state index is 0.0654. The van der Waals surface area contributed by atoms with Crippen molar-refractivity contribution in [1.29, 1.82) is 0 Å². The van der Waals surface area contributed by atoms with Gasteiger partial charge in [0, 0.05) is 31.2 Å². The van der Waals surface area contributed by atoms with Crippen LogP contribution in [-0.2, 0) is 11.3 Å². The highest BCUT2D eigenvalue weighted by Gasteiger charge is 2.40. The van der Waals surface area contributed by atoms with Crippen LogP contribution >= 0.6 is 11.8 Å². The molecule has 0 aromatic carbocycles. The topological polar surface area (TPSA) is 87.5 Å². The third kappa shape index (κ3) is 3.24. The minimum Gasteiger partial charge on any atom is -0.480 e. The Bertz CT molecular complexity index is 465. The maximum atomic E-state index is 12.2. The summed E-state index contributed by atoms with van der Waals surface area (Å²) in [5, 5.41) is 11.9. The largest absolute Gasteiger partial charge is 0.480 e. The second-order valence-corrected chi connectivity index (χ2v) is 5.70. The van der Waals surface area contributed by atoms with Gasteiger partial charge >= 0.3 is 12.0 Å². The third-order valence-electron chi connectivity index (χ3n) is 3.17. The molecule has 110 valence electrons. The summed E-state index contributed by atoms with van der Waals surface area (Å²) in [6.45, 7) is 3.01. The fourth-order valence-electron chi connectivity index (χ4n) is 2.14. The molecule has 1 aromatic rings. The maximum Gasteiger partial charge on any atom is 0.327 e. The molecule has 0 saturated carbocycles. The van der Waals surface area contributed by atoms with Crippen molar-refractivity contribution >= 4 is 23.8 Å². The summed E-state index contributed by atoms with van der Waals surface area (Å²) in [5.74, 6) is -0.499. The standard InChI is InChI=1S/C12H18N4O3S/c1-2-10-16(9(7-20-10)11(17)18)12(19)14-4-6-15-5-3-13-8-15/h3,5,8-10H,2,4,6-7H2,1H3,(H,14,19)(H,17,18). The van der Waals surface area contributed by atoms with E-state index in [1.54, 1.807) is 12.5 Å². The maximum absolute atomic E-state index is 12.2. The van der Waals surface area contributed by atoms with E-state index in [0.29, 0.717) is 18.8 Å². The quantitative estimate of drug-likeness (QED) is 0.841. The van der Waals surface area contributed by atoms with Gasteiger partial charge in [0.2, 0.25) is 0 Å². The molecule has 2 amide bonds. The zero-order valence-electron chi connectivity index (χ0n) is 11.2. The van der Waals surface area contributed by atoms with Gasteiger partial charge in [-0.1, -0.05) is 6.92 Å². The number of rotatable bonds is 5. The van der Waals surface area contributed by atoms with Gasteiger partial charge in [0.05, 0.1) is 11.7 Å². The molecule has 2 heterocycles. The van der Waals surface area contributed by atoms with E-state index in [1.807, 2.05) is 17.7 Å². The predicted molar refractivity (Wildman–Crippen MR) is 75.4 cm³/mol. The predicted octanol–water partition coefficient (Wildman–Crippen LogP) is 0.831. The second-order valence-electron chi connectivity index (χ2n) is 4.49. The molecular weight excluding hydrogens is 280 g/mol. The number of urea groups is 1. The molecule has 0 radical (unpaired) electrons. The lowest BCUT2D eigenvalue weighted by Crippen LogP contribution is -2.50. The van der Waals surface area contributed by atoms with Crippen LogP contribution in [0.25, 0.3) is 0 Å². The lowest BCUT2D eigenvalue weighted by atomic mass is 10.3. The molecule has 1 fully saturated rings. The number of hydrogen-bond donors (Lipinski definition) is 2. The fourth-order valence-corrected chi connectivity index (χ4v) is 3.49. The monoisotopic (exact) mass is 298 g/mol. The van der Waals surface area contributed by atoms with Crippen molar-refractivity contribution in [2.75, 3.05) is 12.3 Å². The van der Waals surface area contributed by atoms with Crippen LogP contribution in [-0.4, -0.2) is 55.3 Å². The summed E-state index contributed by atoms with van der Waals surface area (Å²) < 4.78 is 1.85. The van der Waals surface area contributed by atoms with Crippen LogP contribution in [0.15, 0.2) is 18.7 Å². The number of carboxylic acids is 1. The number of nitrogens with one attached hydrogen (secondary N) is 1. The molecule has 0 spiro atoms. The molecule has 2 atom stereocenters. The third-order valence-corrected chi connectivity index (χ3v) is 4.62. The van der Waals surface area contributed by atoms with Gasteiger partial charge in [-0.2, -0.15) is 0 Å². The summed E-state index contributed by atoms with van der Waals surface area (Å²) in [6.07, 6.45) is 5.90. The summed E-state index contributed by atoms with van der Waals surface area (Å²) in [6, 6.07) is -1.05. The van der Waals surface area contributed by atoms with Gasteiger partial charge in [-0.05, 0) is 6.42 Å². The molecule has 2 unspecified atom stereocenters. The molecule has 1 aliphatic rings. The van der Waals surface area contributed by atoms with Gasteiger partial charge < -0.3 is 15.0 Å². The molecule has 2 N–H and O–H groups in total. The molecule has 7 nitrogen and oxygen atoms in total. The Hall–Kier alpha value is -1.70. The molecular formula is C12H18N4O3S.